The van der Waals surface area contributed by atoms with Crippen LogP contribution in [0.1, 0.15) is 36.1 Å². The van der Waals surface area contributed by atoms with E-state index in [0.29, 0.717) is 60.6 Å². The molecule has 5 aromatic rings. The fourth-order valence-corrected chi connectivity index (χ4v) is 11.2. The molecule has 62 heavy (non-hydrogen) atoms. The molecule has 11 nitrogen and oxygen atoms in total. The number of halogens is 4. The highest BCUT2D eigenvalue weighted by Gasteiger charge is 2.48. The van der Waals surface area contributed by atoms with Crippen molar-refractivity contribution in [3.05, 3.63) is 125 Å². The summed E-state index contributed by atoms with van der Waals surface area (Å²) in [6.45, 7) is 4.24. The topological polar surface area (TPSA) is 128 Å². The van der Waals surface area contributed by atoms with Crippen molar-refractivity contribution in [2.75, 3.05) is 56.1 Å². The van der Waals surface area contributed by atoms with E-state index < -0.39 is 41.2 Å². The van der Waals surface area contributed by atoms with Gasteiger partial charge in [0.05, 0.1) is 16.3 Å². The number of fused-ring (bicyclic) bond motifs is 1. The zero-order chi connectivity index (χ0) is 44.1. The molecule has 0 radical (unpaired) electrons. The summed E-state index contributed by atoms with van der Waals surface area (Å²) in [5, 5.41) is 3.71. The maximum absolute atomic E-state index is 14.2. The Labute approximate surface area is 371 Å². The van der Waals surface area contributed by atoms with Gasteiger partial charge in [-0.3, -0.25) is 14.5 Å². The van der Waals surface area contributed by atoms with Crippen LogP contribution < -0.4 is 10.0 Å². The number of aromatic nitrogens is 2. The minimum Gasteiger partial charge on any atom is -0.380 e. The van der Waals surface area contributed by atoms with Crippen molar-refractivity contribution in [3.8, 4) is 11.1 Å². The molecule has 0 amide bonds. The van der Waals surface area contributed by atoms with Crippen LogP contribution >= 0.6 is 23.4 Å². The van der Waals surface area contributed by atoms with Gasteiger partial charge in [0.25, 0.3) is 19.9 Å². The van der Waals surface area contributed by atoms with Crippen LogP contribution in [0.4, 0.5) is 24.7 Å². The highest BCUT2D eigenvalue weighted by atomic mass is 35.5. The Bertz CT molecular complexity index is 2560. The molecule has 1 atom stereocenters. The molecule has 0 unspecified atom stereocenters. The van der Waals surface area contributed by atoms with Crippen LogP contribution in [0.3, 0.4) is 0 Å². The van der Waals surface area contributed by atoms with Gasteiger partial charge < -0.3 is 10.2 Å². The molecule has 18 heteroatoms. The van der Waals surface area contributed by atoms with E-state index in [4.69, 9.17) is 11.6 Å². The van der Waals surface area contributed by atoms with Crippen molar-refractivity contribution < 1.29 is 30.0 Å². The van der Waals surface area contributed by atoms with Crippen LogP contribution in [-0.4, -0.2) is 105 Å². The maximum atomic E-state index is 14.2. The lowest BCUT2D eigenvalue weighted by Crippen LogP contribution is -2.46. The fraction of sp³-hybridized carbons (Fsp3) is 0.364. The standard InChI is InChI=1S/C44H49ClF3N7O4S3/c1-53(2)22-18-32(29-60-34-11-4-3-5-12-34)51-40-17-16-35(26-42(40)61(56,57)44(46,47)48)62(58,59)52-43-38-21-25-55(28-41(38)49-30-50-43)33-19-23-54(24-20-33)27-31-10-6-7-13-36(31)37-14-8-9-15-39(37)45/h3-17,26,30,32-33,51H,18-25,27-29H2,1-2H3,(H,49,50,52)/t32-/m1/s1. The second-order valence-corrected chi connectivity index (χ2v) is 20.9. The van der Waals surface area contributed by atoms with Crippen LogP contribution in [0.25, 0.3) is 11.1 Å². The van der Waals surface area contributed by atoms with Gasteiger partial charge in [-0.25, -0.2) is 26.8 Å². The molecule has 1 saturated heterocycles. The Morgan fingerprint density at radius 1 is 0.887 bits per heavy atom. The van der Waals surface area contributed by atoms with E-state index in [1.165, 1.54) is 23.7 Å². The second kappa shape index (κ2) is 19.7. The molecule has 0 spiro atoms. The second-order valence-electron chi connectivity index (χ2n) is 15.8. The Hall–Kier alpha value is -4.23. The molecule has 7 rings (SSSR count). The fourth-order valence-electron chi connectivity index (χ4n) is 7.93. The number of sulfonamides is 1. The number of alkyl halides is 3. The highest BCUT2D eigenvalue weighted by molar-refractivity contribution is 7.99. The van der Waals surface area contributed by atoms with Crippen LogP contribution in [0.5, 0.6) is 0 Å². The third kappa shape index (κ3) is 10.9. The van der Waals surface area contributed by atoms with Crippen LogP contribution in [0.2, 0.25) is 5.02 Å². The van der Waals surface area contributed by atoms with Gasteiger partial charge in [-0.05, 0) is 107 Å². The Kier molecular flexibility index (Phi) is 14.5. The lowest BCUT2D eigenvalue weighted by molar-refractivity contribution is -0.0435. The summed E-state index contributed by atoms with van der Waals surface area (Å²) in [4.78, 5) is 14.5. The average Bonchev–Trinajstić information content (AvgIpc) is 3.25. The van der Waals surface area contributed by atoms with Crippen molar-refractivity contribution in [2.24, 2.45) is 0 Å². The van der Waals surface area contributed by atoms with Gasteiger partial charge in [0, 0.05) is 58.5 Å². The largest absolute Gasteiger partial charge is 0.501 e. The van der Waals surface area contributed by atoms with E-state index in [1.54, 1.807) is 0 Å². The van der Waals surface area contributed by atoms with Gasteiger partial charge >= 0.3 is 5.51 Å². The van der Waals surface area contributed by atoms with E-state index in [9.17, 15) is 30.0 Å². The number of likely N-dealkylation sites (tertiary alicyclic amines) is 1. The number of thioether (sulfide) groups is 1. The predicted octanol–water partition coefficient (Wildman–Crippen LogP) is 8.44. The van der Waals surface area contributed by atoms with Crippen molar-refractivity contribution >= 4 is 54.7 Å². The Morgan fingerprint density at radius 2 is 1.58 bits per heavy atom. The number of hydrogen-bond donors (Lipinski definition) is 2. The first kappa shape index (κ1) is 45.8. The molecule has 0 bridgehead atoms. The molecule has 2 aliphatic heterocycles. The van der Waals surface area contributed by atoms with Crippen LogP contribution in [0.15, 0.2) is 118 Å². The van der Waals surface area contributed by atoms with E-state index >= 15 is 0 Å². The zero-order valence-electron chi connectivity index (χ0n) is 34.4. The van der Waals surface area contributed by atoms with E-state index in [2.05, 4.69) is 41.9 Å². The molecule has 0 aliphatic carbocycles. The molecular weight excluding hydrogens is 879 g/mol. The lowest BCUT2D eigenvalue weighted by Gasteiger charge is -2.40. The molecule has 1 fully saturated rings. The van der Waals surface area contributed by atoms with Crippen molar-refractivity contribution in [3.63, 3.8) is 0 Å². The smallest absolute Gasteiger partial charge is 0.380 e. The average molecular weight is 929 g/mol. The van der Waals surface area contributed by atoms with Crippen LogP contribution in [-0.2, 0) is 39.4 Å². The van der Waals surface area contributed by atoms with Gasteiger partial charge in [-0.15, -0.1) is 11.8 Å². The van der Waals surface area contributed by atoms with Gasteiger partial charge in [0.15, 0.2) is 0 Å². The number of anilines is 2. The van der Waals surface area contributed by atoms with Crippen molar-refractivity contribution in [2.45, 2.75) is 71.1 Å². The molecule has 3 heterocycles. The number of nitrogens with one attached hydrogen (secondary N) is 2. The van der Waals surface area contributed by atoms with Crippen molar-refractivity contribution in [1.29, 1.82) is 0 Å². The molecule has 2 N–H and O–H groups in total. The molecular formula is C44H49ClF3N7O4S3. The summed E-state index contributed by atoms with van der Waals surface area (Å²) >= 11 is 8.02. The van der Waals surface area contributed by atoms with Gasteiger partial charge in [-0.1, -0.05) is 72.3 Å². The quantitative estimate of drug-likeness (QED) is 0.0927. The third-order valence-electron chi connectivity index (χ3n) is 11.3. The molecule has 2 aliphatic rings. The monoisotopic (exact) mass is 927 g/mol. The van der Waals surface area contributed by atoms with Gasteiger partial charge in [0.2, 0.25) is 0 Å². The van der Waals surface area contributed by atoms with Gasteiger partial charge in [-0.2, -0.15) is 13.2 Å². The Morgan fingerprint density at radius 3 is 2.29 bits per heavy atom. The van der Waals surface area contributed by atoms with Crippen LogP contribution in [0, 0.1) is 0 Å². The normalized spacial score (nSPS) is 16.2. The number of nitrogens with zero attached hydrogens (tertiary/aromatic N) is 5. The number of sulfone groups is 1. The molecule has 1 aromatic heterocycles. The minimum absolute atomic E-state index is 0.00534. The van der Waals surface area contributed by atoms with E-state index in [0.717, 1.165) is 60.6 Å². The lowest BCUT2D eigenvalue weighted by atomic mass is 9.96. The third-order valence-corrected chi connectivity index (χ3v) is 15.6. The number of rotatable bonds is 16. The number of piperidine rings is 1. The van der Waals surface area contributed by atoms with Gasteiger partial charge in [0.1, 0.15) is 17.0 Å². The molecule has 0 saturated carbocycles. The summed E-state index contributed by atoms with van der Waals surface area (Å²) < 4.78 is 98.8. The Balaban J connectivity index is 1.04. The van der Waals surface area contributed by atoms with Crippen molar-refractivity contribution in [1.82, 2.24) is 24.7 Å². The molecule has 4 aromatic carbocycles. The first-order valence-corrected chi connectivity index (χ1v) is 24.6. The zero-order valence-corrected chi connectivity index (χ0v) is 37.6. The minimum atomic E-state index is -5.98. The maximum Gasteiger partial charge on any atom is 0.501 e. The summed E-state index contributed by atoms with van der Waals surface area (Å²) in [6, 6.07) is 28.2. The first-order chi connectivity index (χ1) is 29.6. The number of hydrogen-bond acceptors (Lipinski definition) is 11. The highest BCUT2D eigenvalue weighted by Crippen LogP contribution is 2.38. The summed E-state index contributed by atoms with van der Waals surface area (Å²) in [5.41, 5.74) is -1.46. The summed E-state index contributed by atoms with van der Waals surface area (Å²) in [5.74, 6) is 0.409. The SMILES string of the molecule is CN(C)CC[C@H](CSc1ccccc1)Nc1ccc(S(=O)(=O)Nc2ncnc3c2CCN(C2CCN(Cc4ccccc4-c4ccccc4Cl)CC2)C3)cc1S(=O)(=O)C(F)(F)F. The predicted molar refractivity (Wildman–Crippen MR) is 240 cm³/mol. The summed E-state index contributed by atoms with van der Waals surface area (Å²) in [6.07, 6.45) is 4.03. The van der Waals surface area contributed by atoms with E-state index in [-0.39, 0.29) is 17.5 Å². The number of benzene rings is 4. The van der Waals surface area contributed by atoms with E-state index in [1.807, 2.05) is 85.7 Å². The first-order valence-electron chi connectivity index (χ1n) is 20.3. The summed E-state index contributed by atoms with van der Waals surface area (Å²) in [7, 11) is -6.89. The molecule has 330 valence electrons.